The van der Waals surface area contributed by atoms with Crippen LogP contribution in [0.15, 0.2) is 0 Å². The van der Waals surface area contributed by atoms with Gasteiger partial charge in [-0.3, -0.25) is 0 Å². The second-order valence-electron chi connectivity index (χ2n) is 2.98. The Morgan fingerprint density at radius 1 is 1.07 bits per heavy atom. The fourth-order valence-electron chi connectivity index (χ4n) is 0.897. The molecule has 0 unspecified atom stereocenters. The van der Waals surface area contributed by atoms with E-state index in [1.54, 1.807) is 0 Å². The van der Waals surface area contributed by atoms with Crippen LogP contribution >= 0.6 is 15.2 Å². The summed E-state index contributed by atoms with van der Waals surface area (Å²) in [6, 6.07) is 0. The minimum Gasteiger partial charge on any atom is -0.809 e. The molecule has 7 nitrogen and oxygen atoms in total. The van der Waals surface area contributed by atoms with Crippen LogP contribution in [-0.4, -0.2) is 12.2 Å². The molecule has 0 fully saturated rings. The van der Waals surface area contributed by atoms with E-state index in [-0.39, 0.29) is 6.61 Å². The summed E-state index contributed by atoms with van der Waals surface area (Å²) < 4.78 is 25.1. The first kappa shape index (κ1) is 15.3. The van der Waals surface area contributed by atoms with Crippen LogP contribution in [0.5, 0.6) is 0 Å². The standard InChI is InChI=1S/C6H16O7P2/c1-2-3-4-5-13-6(14(7,8)9)15(10,11)12/h6H,2-5H2,1H3,(H2,7,8,9)(H2,10,11,12)/p-4. The first-order valence-corrected chi connectivity index (χ1v) is 7.57. The van der Waals surface area contributed by atoms with Crippen molar-refractivity contribution < 1.29 is 33.4 Å². The number of ether oxygens (including phenoxy) is 1. The highest BCUT2D eigenvalue weighted by Crippen LogP contribution is 2.50. The molecule has 0 saturated heterocycles. The normalized spacial score (nSPS) is 13.5. The van der Waals surface area contributed by atoms with Gasteiger partial charge in [0.2, 0.25) is 0 Å². The quantitative estimate of drug-likeness (QED) is 0.392. The molecule has 0 atom stereocenters. The van der Waals surface area contributed by atoms with Crippen molar-refractivity contribution in [3.63, 3.8) is 0 Å². The third-order valence-corrected chi connectivity index (χ3v) is 4.63. The van der Waals surface area contributed by atoms with E-state index in [9.17, 15) is 28.7 Å². The molecule has 0 aliphatic carbocycles. The van der Waals surface area contributed by atoms with E-state index in [0.717, 1.165) is 6.42 Å². The Hall–Kier alpha value is 0.260. The molecule has 0 aromatic carbocycles. The molecule has 92 valence electrons. The van der Waals surface area contributed by atoms with Crippen LogP contribution in [0.3, 0.4) is 0 Å². The number of rotatable bonds is 7. The van der Waals surface area contributed by atoms with Gasteiger partial charge >= 0.3 is 0 Å². The van der Waals surface area contributed by atoms with Gasteiger partial charge in [0, 0.05) is 6.61 Å². The third-order valence-electron chi connectivity index (χ3n) is 1.56. The van der Waals surface area contributed by atoms with Gasteiger partial charge in [0.15, 0.2) is 0 Å². The topological polar surface area (TPSA) is 136 Å². The Morgan fingerprint density at radius 2 is 1.53 bits per heavy atom. The van der Waals surface area contributed by atoms with Gasteiger partial charge in [-0.05, 0) is 21.6 Å². The molecule has 0 radical (unpaired) electrons. The van der Waals surface area contributed by atoms with Gasteiger partial charge in [-0.15, -0.1) is 0 Å². The number of hydrogen-bond acceptors (Lipinski definition) is 7. The number of hydrogen-bond donors (Lipinski definition) is 0. The Bertz CT molecular complexity index is 245. The smallest absolute Gasteiger partial charge is 0.110 e. The summed E-state index contributed by atoms with van der Waals surface area (Å²) >= 11 is 0. The first-order chi connectivity index (χ1) is 6.69. The summed E-state index contributed by atoms with van der Waals surface area (Å²) in [5.74, 6) is 0. The summed E-state index contributed by atoms with van der Waals surface area (Å²) in [6.07, 6.45) is 1.90. The molecule has 0 aliphatic heterocycles. The minimum atomic E-state index is -5.56. The van der Waals surface area contributed by atoms with Crippen molar-refractivity contribution in [1.82, 2.24) is 0 Å². The SMILES string of the molecule is CCCCCOC(P(=O)([O-])[O-])P(=O)([O-])[O-]. The van der Waals surface area contributed by atoms with Crippen LogP contribution in [-0.2, 0) is 13.9 Å². The highest BCUT2D eigenvalue weighted by atomic mass is 31.2. The maximum atomic E-state index is 10.4. The second-order valence-corrected chi connectivity index (χ2v) is 6.49. The summed E-state index contributed by atoms with van der Waals surface area (Å²) in [5, 5.41) is 0. The molecule has 0 aliphatic rings. The fourth-order valence-corrected chi connectivity index (χ4v) is 2.86. The molecule has 0 N–H and O–H groups in total. The van der Waals surface area contributed by atoms with Crippen molar-refractivity contribution in [1.29, 1.82) is 0 Å². The van der Waals surface area contributed by atoms with Crippen molar-refractivity contribution in [2.24, 2.45) is 0 Å². The molecular weight excluding hydrogens is 246 g/mol. The van der Waals surface area contributed by atoms with E-state index in [1.807, 2.05) is 6.92 Å². The summed E-state index contributed by atoms with van der Waals surface area (Å²) in [5.41, 5.74) is -2.78. The molecule has 0 amide bonds. The highest BCUT2D eigenvalue weighted by Gasteiger charge is 2.17. The van der Waals surface area contributed by atoms with Gasteiger partial charge in [-0.25, -0.2) is 0 Å². The van der Waals surface area contributed by atoms with Crippen molar-refractivity contribution in [2.45, 2.75) is 31.8 Å². The van der Waals surface area contributed by atoms with Crippen LogP contribution in [0.1, 0.15) is 26.2 Å². The average Bonchev–Trinajstić information content (AvgIpc) is 1.99. The Morgan fingerprint density at radius 3 is 1.87 bits per heavy atom. The molecule has 0 rings (SSSR count). The second kappa shape index (κ2) is 6.11. The molecule has 0 saturated carbocycles. The third kappa shape index (κ3) is 6.43. The zero-order valence-corrected chi connectivity index (χ0v) is 9.95. The van der Waals surface area contributed by atoms with Crippen molar-refractivity contribution in [3.05, 3.63) is 0 Å². The van der Waals surface area contributed by atoms with Crippen molar-refractivity contribution in [2.75, 3.05) is 6.61 Å². The van der Waals surface area contributed by atoms with Crippen molar-refractivity contribution in [3.8, 4) is 0 Å². The van der Waals surface area contributed by atoms with Crippen LogP contribution in [0.4, 0.5) is 0 Å². The van der Waals surface area contributed by atoms with Crippen LogP contribution < -0.4 is 19.6 Å². The molecule has 0 aromatic heterocycles. The van der Waals surface area contributed by atoms with Gasteiger partial charge in [0.25, 0.3) is 0 Å². The monoisotopic (exact) mass is 258 g/mol. The van der Waals surface area contributed by atoms with E-state index in [0.29, 0.717) is 12.8 Å². The van der Waals surface area contributed by atoms with Gasteiger partial charge in [-0.2, -0.15) is 0 Å². The summed E-state index contributed by atoms with van der Waals surface area (Å²) in [6.45, 7) is 1.64. The molecule has 0 aromatic rings. The van der Waals surface area contributed by atoms with Gasteiger partial charge in [0.05, 0.1) is 0 Å². The lowest BCUT2D eigenvalue weighted by Crippen LogP contribution is -2.36. The molecular formula is C6H12O7P2-4. The largest absolute Gasteiger partial charge is 0.809 e. The summed E-state index contributed by atoms with van der Waals surface area (Å²) in [7, 11) is -11.1. The Balaban J connectivity index is 4.30. The van der Waals surface area contributed by atoms with Gasteiger partial charge in [-0.1, -0.05) is 19.8 Å². The molecule has 0 spiro atoms. The van der Waals surface area contributed by atoms with Crippen LogP contribution in [0.2, 0.25) is 0 Å². The van der Waals surface area contributed by atoms with Crippen molar-refractivity contribution >= 4 is 15.2 Å². The predicted molar refractivity (Wildman–Crippen MR) is 44.5 cm³/mol. The Kier molecular flexibility index (Phi) is 6.21. The average molecular weight is 258 g/mol. The lowest BCUT2D eigenvalue weighted by atomic mass is 10.3. The van der Waals surface area contributed by atoms with E-state index in [4.69, 9.17) is 0 Å². The maximum Gasteiger partial charge on any atom is 0.110 e. The highest BCUT2D eigenvalue weighted by molar-refractivity contribution is 7.67. The first-order valence-electron chi connectivity index (χ1n) is 4.34. The molecule has 0 heterocycles. The zero-order valence-electron chi connectivity index (χ0n) is 8.16. The lowest BCUT2D eigenvalue weighted by Gasteiger charge is -2.48. The zero-order chi connectivity index (χ0) is 12.1. The molecule has 0 bridgehead atoms. The van der Waals surface area contributed by atoms with Crippen LogP contribution in [0.25, 0.3) is 0 Å². The van der Waals surface area contributed by atoms with E-state index >= 15 is 0 Å². The number of unbranched alkanes of at least 4 members (excludes halogenated alkanes) is 2. The van der Waals surface area contributed by atoms with Crippen LogP contribution in [0, 0.1) is 0 Å². The summed E-state index contributed by atoms with van der Waals surface area (Å²) in [4.78, 5) is 41.7. The Labute approximate surface area is 87.8 Å². The van der Waals surface area contributed by atoms with E-state index in [2.05, 4.69) is 4.74 Å². The van der Waals surface area contributed by atoms with E-state index < -0.39 is 20.8 Å². The molecule has 9 heteroatoms. The van der Waals surface area contributed by atoms with Gasteiger partial charge in [0.1, 0.15) is 5.59 Å². The minimum absolute atomic E-state index is 0.235. The fraction of sp³-hybridized carbons (Fsp3) is 1.00. The van der Waals surface area contributed by atoms with E-state index in [1.165, 1.54) is 0 Å². The van der Waals surface area contributed by atoms with Gasteiger partial charge < -0.3 is 33.4 Å². The molecule has 15 heavy (non-hydrogen) atoms. The maximum absolute atomic E-state index is 10.4. The predicted octanol–water partition coefficient (Wildman–Crippen LogP) is -1.70. The lowest BCUT2D eigenvalue weighted by molar-refractivity contribution is -0.340.